The zero-order chi connectivity index (χ0) is 69.7. The van der Waals surface area contributed by atoms with Gasteiger partial charge in [-0.15, -0.1) is 0 Å². The third-order valence-electron chi connectivity index (χ3n) is 16.2. The maximum Gasteiger partial charge on any atom is 0.472 e. The lowest BCUT2D eigenvalue weighted by atomic mass is 10.0. The molecule has 0 heterocycles. The number of carbonyl (C=O) groups excluding carboxylic acids is 2. The molecule has 9 nitrogen and oxygen atoms in total. The van der Waals surface area contributed by atoms with Crippen LogP contribution in [0.1, 0.15) is 309 Å². The third kappa shape index (κ3) is 78.4. The Balaban J connectivity index is 4.02. The summed E-state index contributed by atoms with van der Waals surface area (Å²) in [6.45, 7) is 4.21. The van der Waals surface area contributed by atoms with Crippen LogP contribution in [0.5, 0.6) is 0 Å². The van der Waals surface area contributed by atoms with E-state index in [2.05, 4.69) is 184 Å². The molecule has 0 spiro atoms. The van der Waals surface area contributed by atoms with Crippen molar-refractivity contribution in [1.82, 2.24) is 0 Å². The zero-order valence-electron chi connectivity index (χ0n) is 62.3. The van der Waals surface area contributed by atoms with Crippen molar-refractivity contribution < 1.29 is 42.1 Å². The molecule has 0 amide bonds. The average Bonchev–Trinajstić information content (AvgIpc) is 2.54. The van der Waals surface area contributed by atoms with Crippen LogP contribution in [0.25, 0.3) is 0 Å². The topological polar surface area (TPSA) is 108 Å². The number of rotatable bonds is 70. The first-order valence-corrected chi connectivity index (χ1v) is 40.4. The average molecular weight is 1350 g/mol. The SMILES string of the molecule is CC/C=C\C/C=C\C/C=C\C/C=C\C/C=C\C/C=C\C/C=C\C/C=C\CCCCCCCCCCCCCCCCCCC(=O)OC(COC(=O)CCCCCCCCCCCCCC/C=C\C/C=C\C/C=C\C/C=C\C/C=C\C/C=C\CC)COP(=O)(O)OCC[N+](C)(C)C. The molecule has 0 aromatic rings. The van der Waals surface area contributed by atoms with Gasteiger partial charge in [0.25, 0.3) is 0 Å². The first-order chi connectivity index (χ1) is 47.0. The highest BCUT2D eigenvalue weighted by Gasteiger charge is 2.27. The minimum Gasteiger partial charge on any atom is -0.462 e. The van der Waals surface area contributed by atoms with E-state index in [1.165, 1.54) is 148 Å². The van der Waals surface area contributed by atoms with Gasteiger partial charge >= 0.3 is 19.8 Å². The molecule has 10 heteroatoms. The van der Waals surface area contributed by atoms with Gasteiger partial charge in [-0.3, -0.25) is 18.6 Å². The number of carbonyl (C=O) groups is 2. The molecule has 0 aliphatic heterocycles. The predicted molar refractivity (Wildman–Crippen MR) is 417 cm³/mol. The largest absolute Gasteiger partial charge is 0.472 e. The summed E-state index contributed by atoms with van der Waals surface area (Å²) in [6.07, 6.45) is 113. The number of likely N-dealkylation sites (N-methyl/N-ethyl adjacent to an activating group) is 1. The summed E-state index contributed by atoms with van der Waals surface area (Å²) in [4.78, 5) is 36.0. The maximum atomic E-state index is 12.9. The second kappa shape index (κ2) is 74.6. The van der Waals surface area contributed by atoms with Crippen molar-refractivity contribution in [2.24, 2.45) is 0 Å². The predicted octanol–water partition coefficient (Wildman–Crippen LogP) is 26.1. The van der Waals surface area contributed by atoms with Gasteiger partial charge in [-0.25, -0.2) is 4.57 Å². The second-order valence-electron chi connectivity index (χ2n) is 26.6. The van der Waals surface area contributed by atoms with E-state index in [0.717, 1.165) is 128 Å². The summed E-state index contributed by atoms with van der Waals surface area (Å²) in [5, 5.41) is 0. The maximum absolute atomic E-state index is 12.9. The summed E-state index contributed by atoms with van der Waals surface area (Å²) >= 11 is 0. The van der Waals surface area contributed by atoms with Crippen LogP contribution in [-0.4, -0.2) is 74.9 Å². The molecule has 0 radical (unpaired) electrons. The summed E-state index contributed by atoms with van der Waals surface area (Å²) < 4.78 is 34.8. The quantitative estimate of drug-likeness (QED) is 0.0211. The van der Waals surface area contributed by atoms with E-state index in [1.807, 2.05) is 21.1 Å². The van der Waals surface area contributed by atoms with Crippen molar-refractivity contribution >= 4 is 19.8 Å². The van der Waals surface area contributed by atoms with Crippen molar-refractivity contribution in [3.63, 3.8) is 0 Å². The fourth-order valence-corrected chi connectivity index (χ4v) is 11.1. The Kier molecular flexibility index (Phi) is 71.0. The monoisotopic (exact) mass is 1350 g/mol. The van der Waals surface area contributed by atoms with E-state index < -0.39 is 26.5 Å². The molecule has 0 aromatic carbocycles. The lowest BCUT2D eigenvalue weighted by Crippen LogP contribution is -2.37. The molecule has 0 saturated heterocycles. The van der Waals surface area contributed by atoms with E-state index in [1.54, 1.807) is 0 Å². The van der Waals surface area contributed by atoms with Crippen molar-refractivity contribution in [2.45, 2.75) is 315 Å². The minimum absolute atomic E-state index is 0.0254. The number of hydrogen-bond donors (Lipinski definition) is 1. The number of nitrogens with zero attached hydrogens (tertiary/aromatic N) is 1. The molecule has 0 saturated carbocycles. The number of unbranched alkanes of at least 4 members (excludes halogenated alkanes) is 28. The van der Waals surface area contributed by atoms with Gasteiger partial charge in [0.2, 0.25) is 0 Å². The van der Waals surface area contributed by atoms with E-state index >= 15 is 0 Å². The number of quaternary nitrogens is 1. The van der Waals surface area contributed by atoms with E-state index in [9.17, 15) is 19.0 Å². The fraction of sp³-hybridized carbons (Fsp3) is 0.651. The normalized spacial score (nSPS) is 14.0. The lowest BCUT2D eigenvalue weighted by Gasteiger charge is -2.24. The van der Waals surface area contributed by atoms with Crippen LogP contribution in [0, 0.1) is 0 Å². The molecule has 2 atom stereocenters. The smallest absolute Gasteiger partial charge is 0.462 e. The van der Waals surface area contributed by atoms with E-state index in [-0.39, 0.29) is 32.0 Å². The Morgan fingerprint density at radius 1 is 0.323 bits per heavy atom. The summed E-state index contributed by atoms with van der Waals surface area (Å²) in [5.74, 6) is -0.799. The van der Waals surface area contributed by atoms with Crippen LogP contribution in [-0.2, 0) is 32.7 Å². The van der Waals surface area contributed by atoms with E-state index in [4.69, 9.17) is 18.5 Å². The number of phosphoric acid groups is 1. The summed E-state index contributed by atoms with van der Waals surface area (Å²) in [6, 6.07) is 0. The Labute approximate surface area is 591 Å². The molecule has 2 unspecified atom stereocenters. The zero-order valence-corrected chi connectivity index (χ0v) is 63.2. The summed E-state index contributed by atoms with van der Waals surface area (Å²) in [5.41, 5.74) is 0. The summed E-state index contributed by atoms with van der Waals surface area (Å²) in [7, 11) is 1.47. The third-order valence-corrected chi connectivity index (χ3v) is 17.2. The molecule has 0 aliphatic rings. The van der Waals surface area contributed by atoms with Crippen LogP contribution in [0.3, 0.4) is 0 Å². The highest BCUT2D eigenvalue weighted by molar-refractivity contribution is 7.47. The van der Waals surface area contributed by atoms with Gasteiger partial charge in [0.1, 0.15) is 19.8 Å². The van der Waals surface area contributed by atoms with Crippen molar-refractivity contribution in [2.75, 3.05) is 47.5 Å². The number of allylic oxidation sites excluding steroid dienone is 28. The molecule has 546 valence electrons. The highest BCUT2D eigenvalue weighted by Crippen LogP contribution is 2.43. The number of hydrogen-bond acceptors (Lipinski definition) is 7. The molecule has 0 aromatic heterocycles. The number of esters is 2. The highest BCUT2D eigenvalue weighted by atomic mass is 31.2. The van der Waals surface area contributed by atoms with Gasteiger partial charge in [-0.1, -0.05) is 338 Å². The van der Waals surface area contributed by atoms with Gasteiger partial charge in [0, 0.05) is 12.8 Å². The molecular formula is C86H145NO8P+. The second-order valence-corrected chi connectivity index (χ2v) is 28.1. The Morgan fingerprint density at radius 2 is 0.562 bits per heavy atom. The van der Waals surface area contributed by atoms with Crippen LogP contribution in [0.15, 0.2) is 170 Å². The molecule has 0 fully saturated rings. The minimum atomic E-state index is -4.40. The van der Waals surface area contributed by atoms with Crippen LogP contribution >= 0.6 is 7.82 Å². The van der Waals surface area contributed by atoms with Crippen molar-refractivity contribution in [1.29, 1.82) is 0 Å². The van der Waals surface area contributed by atoms with Crippen molar-refractivity contribution in [3.8, 4) is 0 Å². The first kappa shape index (κ1) is 91.4. The van der Waals surface area contributed by atoms with Crippen LogP contribution < -0.4 is 0 Å². The Bertz CT molecular complexity index is 2230. The molecule has 0 aliphatic carbocycles. The van der Waals surface area contributed by atoms with Gasteiger partial charge in [-0.2, -0.15) is 0 Å². The fourth-order valence-electron chi connectivity index (χ4n) is 10.4. The molecule has 1 N–H and O–H groups in total. The molecule has 0 bridgehead atoms. The standard InChI is InChI=1S/C86H144NO8P/c1-6-8-10-12-14-16-18-20-22-24-26-28-30-32-34-36-38-39-40-41-42-43-44-45-46-47-49-51-53-55-57-59-61-63-65-67-69-71-73-75-77-79-86(89)95-84(83-94-96(90,91)93-81-80-87(3,4)5)82-92-85(88)78-76-74-72-70-68-66-64-62-60-58-56-54-52-50-48-37-35-33-31-29-27-25-23-21-19-17-15-13-11-9-7-2/h8-11,14-17,20-23,26-29,32-35,38-39,41-42,44-45,48,50,84H,6-7,12-13,18-19,24-25,30-31,36-37,40,43,46-47,49,51-83H2,1-5H3/p+1/b10-8-,11-9-,16-14-,17-15-,22-20-,23-21-,28-26-,29-27-,34-32-,35-33-,39-38-,42-41-,45-44-,50-48-. The number of ether oxygens (including phenoxy) is 2. The molecule has 96 heavy (non-hydrogen) atoms. The Morgan fingerprint density at radius 3 is 0.833 bits per heavy atom. The number of phosphoric ester groups is 1. The first-order valence-electron chi connectivity index (χ1n) is 38.9. The Hall–Kier alpha value is -4.63. The van der Waals surface area contributed by atoms with Crippen LogP contribution in [0.2, 0.25) is 0 Å². The van der Waals surface area contributed by atoms with Gasteiger partial charge in [-0.05, 0) is 128 Å². The van der Waals surface area contributed by atoms with Crippen LogP contribution in [0.4, 0.5) is 0 Å². The van der Waals surface area contributed by atoms with Gasteiger partial charge in [0.15, 0.2) is 6.10 Å². The molecular weight excluding hydrogens is 1210 g/mol. The van der Waals surface area contributed by atoms with Gasteiger partial charge < -0.3 is 18.9 Å². The molecule has 0 rings (SSSR count). The lowest BCUT2D eigenvalue weighted by molar-refractivity contribution is -0.870. The van der Waals surface area contributed by atoms with E-state index in [0.29, 0.717) is 17.4 Å². The van der Waals surface area contributed by atoms with Gasteiger partial charge in [0.05, 0.1) is 27.7 Å². The van der Waals surface area contributed by atoms with Crippen molar-refractivity contribution in [3.05, 3.63) is 170 Å².